The van der Waals surface area contributed by atoms with E-state index in [1.54, 1.807) is 37.4 Å². The van der Waals surface area contributed by atoms with Crippen molar-refractivity contribution < 1.29 is 19.1 Å². The van der Waals surface area contributed by atoms with Crippen LogP contribution in [-0.4, -0.2) is 47.5 Å². The number of benzene rings is 1. The second-order valence-electron chi connectivity index (χ2n) is 6.34. The van der Waals surface area contributed by atoms with Gasteiger partial charge in [-0.05, 0) is 44.1 Å². The summed E-state index contributed by atoms with van der Waals surface area (Å²) in [5.74, 6) is -1.28. The molecule has 0 unspecified atom stereocenters. The number of nitrogens with zero attached hydrogens (tertiary/aromatic N) is 2. The first-order valence-corrected chi connectivity index (χ1v) is 9.29. The zero-order valence-electron chi connectivity index (χ0n) is 15.0. The Morgan fingerprint density at radius 2 is 1.93 bits per heavy atom. The van der Waals surface area contributed by atoms with Gasteiger partial charge < -0.3 is 9.64 Å². The average Bonchev–Trinajstić information content (AvgIpc) is 2.66. The van der Waals surface area contributed by atoms with Gasteiger partial charge in [0, 0.05) is 19.3 Å². The molecule has 2 saturated heterocycles. The van der Waals surface area contributed by atoms with Gasteiger partial charge in [-0.2, -0.15) is 0 Å². The Kier molecular flexibility index (Phi) is 5.85. The van der Waals surface area contributed by atoms with Gasteiger partial charge in [-0.15, -0.1) is 0 Å². The first-order valence-electron chi connectivity index (χ1n) is 8.88. The molecule has 1 N–H and O–H groups in total. The summed E-state index contributed by atoms with van der Waals surface area (Å²) in [4.78, 5) is 40.2. The number of hydrogen-bond donors (Lipinski definition) is 1. The van der Waals surface area contributed by atoms with Crippen molar-refractivity contribution in [1.82, 2.24) is 10.2 Å². The Labute approximate surface area is 163 Å². The topological polar surface area (TPSA) is 79.0 Å². The van der Waals surface area contributed by atoms with Crippen molar-refractivity contribution in [1.29, 1.82) is 0 Å². The van der Waals surface area contributed by atoms with E-state index in [0.717, 1.165) is 0 Å². The SMILES string of the molecule is CCOC(=O)C1CCN(/C=C2\C(=O)NC(=S)N(c3ccccc3)C2=O)CC1. The van der Waals surface area contributed by atoms with E-state index in [-0.39, 0.29) is 22.6 Å². The third-order valence-corrected chi connectivity index (χ3v) is 4.86. The van der Waals surface area contributed by atoms with E-state index in [1.807, 2.05) is 11.0 Å². The van der Waals surface area contributed by atoms with Gasteiger partial charge in [0.2, 0.25) is 0 Å². The molecule has 0 saturated carbocycles. The van der Waals surface area contributed by atoms with Crippen molar-refractivity contribution in [3.63, 3.8) is 0 Å². The van der Waals surface area contributed by atoms with Gasteiger partial charge >= 0.3 is 5.97 Å². The molecule has 2 heterocycles. The van der Waals surface area contributed by atoms with Crippen LogP contribution in [0.15, 0.2) is 42.1 Å². The number of esters is 1. The van der Waals surface area contributed by atoms with Crippen LogP contribution in [0.1, 0.15) is 19.8 Å². The summed E-state index contributed by atoms with van der Waals surface area (Å²) in [6.45, 7) is 3.30. The molecular formula is C19H21N3O4S. The minimum absolute atomic E-state index is 0.0297. The Morgan fingerprint density at radius 3 is 2.56 bits per heavy atom. The minimum atomic E-state index is -0.510. The first-order chi connectivity index (χ1) is 13.0. The van der Waals surface area contributed by atoms with Crippen LogP contribution in [-0.2, 0) is 19.1 Å². The highest BCUT2D eigenvalue weighted by Crippen LogP contribution is 2.23. The molecule has 2 amide bonds. The summed E-state index contributed by atoms with van der Waals surface area (Å²) >= 11 is 5.17. The van der Waals surface area contributed by atoms with Crippen molar-refractivity contribution >= 4 is 40.8 Å². The molecule has 0 atom stereocenters. The van der Waals surface area contributed by atoms with Gasteiger partial charge in [0.05, 0.1) is 18.2 Å². The van der Waals surface area contributed by atoms with Gasteiger partial charge in [-0.3, -0.25) is 24.6 Å². The maximum Gasteiger partial charge on any atom is 0.309 e. The zero-order valence-corrected chi connectivity index (χ0v) is 15.8. The van der Waals surface area contributed by atoms with Gasteiger partial charge in [0.15, 0.2) is 5.11 Å². The number of thiocarbonyl (C=S) groups is 1. The number of rotatable bonds is 4. The van der Waals surface area contributed by atoms with Crippen molar-refractivity contribution in [2.24, 2.45) is 5.92 Å². The summed E-state index contributed by atoms with van der Waals surface area (Å²) in [5.41, 5.74) is 0.626. The fourth-order valence-corrected chi connectivity index (χ4v) is 3.44. The van der Waals surface area contributed by atoms with Crippen molar-refractivity contribution in [3.8, 4) is 0 Å². The lowest BCUT2D eigenvalue weighted by Gasteiger charge is -2.33. The first kappa shape index (κ1) is 19.0. The minimum Gasteiger partial charge on any atom is -0.466 e. The number of carbonyl (C=O) groups is 3. The highest BCUT2D eigenvalue weighted by molar-refractivity contribution is 7.80. The Hall–Kier alpha value is -2.74. The van der Waals surface area contributed by atoms with E-state index in [4.69, 9.17) is 17.0 Å². The van der Waals surface area contributed by atoms with Gasteiger partial charge in [-0.1, -0.05) is 18.2 Å². The highest BCUT2D eigenvalue weighted by atomic mass is 32.1. The number of piperidine rings is 1. The third-order valence-electron chi connectivity index (χ3n) is 4.58. The van der Waals surface area contributed by atoms with Gasteiger partial charge in [0.25, 0.3) is 11.8 Å². The molecule has 0 aromatic heterocycles. The molecule has 0 aliphatic carbocycles. The number of hydrogen-bond acceptors (Lipinski definition) is 6. The number of likely N-dealkylation sites (tertiary alicyclic amines) is 1. The molecule has 7 nitrogen and oxygen atoms in total. The van der Waals surface area contributed by atoms with Crippen LogP contribution in [0.3, 0.4) is 0 Å². The van der Waals surface area contributed by atoms with Crippen molar-refractivity contribution in [2.75, 3.05) is 24.6 Å². The van der Waals surface area contributed by atoms with E-state index in [9.17, 15) is 14.4 Å². The number of anilines is 1. The van der Waals surface area contributed by atoms with E-state index >= 15 is 0 Å². The molecule has 8 heteroatoms. The smallest absolute Gasteiger partial charge is 0.309 e. The normalized spacial score (nSPS) is 20.0. The summed E-state index contributed by atoms with van der Waals surface area (Å²) in [7, 11) is 0. The van der Waals surface area contributed by atoms with E-state index in [1.165, 1.54) is 4.90 Å². The highest BCUT2D eigenvalue weighted by Gasteiger charge is 2.35. The quantitative estimate of drug-likeness (QED) is 0.366. The largest absolute Gasteiger partial charge is 0.466 e. The molecule has 2 aliphatic heterocycles. The van der Waals surface area contributed by atoms with Crippen molar-refractivity contribution in [2.45, 2.75) is 19.8 Å². The molecule has 27 heavy (non-hydrogen) atoms. The lowest BCUT2D eigenvalue weighted by Crippen LogP contribution is -2.54. The predicted octanol–water partition coefficient (Wildman–Crippen LogP) is 1.59. The standard InChI is InChI=1S/C19H21N3O4S/c1-2-26-18(25)13-8-10-21(11-9-13)12-15-16(23)20-19(27)22(17(15)24)14-6-4-3-5-7-14/h3-7,12-13H,2,8-11H2,1H3,(H,20,23,27)/b15-12+. The number of carbonyl (C=O) groups excluding carboxylic acids is 3. The molecule has 2 aliphatic rings. The van der Waals surface area contributed by atoms with E-state index in [0.29, 0.717) is 38.2 Å². The molecule has 0 spiro atoms. The fourth-order valence-electron chi connectivity index (χ4n) is 3.16. The molecule has 0 bridgehead atoms. The summed E-state index contributed by atoms with van der Waals surface area (Å²) in [5, 5.41) is 2.63. The molecule has 1 aromatic carbocycles. The second kappa shape index (κ2) is 8.30. The fraction of sp³-hybridized carbons (Fsp3) is 0.368. The van der Waals surface area contributed by atoms with Crippen LogP contribution in [0.2, 0.25) is 0 Å². The van der Waals surface area contributed by atoms with Crippen LogP contribution in [0.5, 0.6) is 0 Å². The number of para-hydroxylation sites is 1. The monoisotopic (exact) mass is 387 g/mol. The van der Waals surface area contributed by atoms with Crippen LogP contribution in [0, 0.1) is 5.92 Å². The Morgan fingerprint density at radius 1 is 1.26 bits per heavy atom. The van der Waals surface area contributed by atoms with Crippen molar-refractivity contribution in [3.05, 3.63) is 42.1 Å². The zero-order chi connectivity index (χ0) is 19.4. The number of nitrogens with one attached hydrogen (secondary N) is 1. The van der Waals surface area contributed by atoms with Gasteiger partial charge in [-0.25, -0.2) is 0 Å². The molecule has 2 fully saturated rings. The third kappa shape index (κ3) is 4.16. The Balaban J connectivity index is 1.74. The molecule has 142 valence electrons. The maximum atomic E-state index is 12.9. The number of amides is 2. The summed E-state index contributed by atoms with van der Waals surface area (Å²) in [6.07, 6.45) is 2.81. The van der Waals surface area contributed by atoms with Crippen LogP contribution in [0.25, 0.3) is 0 Å². The number of ether oxygens (including phenoxy) is 1. The molecule has 1 aromatic rings. The summed E-state index contributed by atoms with van der Waals surface area (Å²) in [6, 6.07) is 8.94. The van der Waals surface area contributed by atoms with E-state index in [2.05, 4.69) is 5.32 Å². The van der Waals surface area contributed by atoms with E-state index < -0.39 is 11.8 Å². The lowest BCUT2D eigenvalue weighted by molar-refractivity contribution is -0.149. The van der Waals surface area contributed by atoms with Crippen LogP contribution >= 0.6 is 12.2 Å². The molecule has 3 rings (SSSR count). The molecular weight excluding hydrogens is 366 g/mol. The van der Waals surface area contributed by atoms with Crippen LogP contribution < -0.4 is 10.2 Å². The van der Waals surface area contributed by atoms with Crippen LogP contribution in [0.4, 0.5) is 5.69 Å². The lowest BCUT2D eigenvalue weighted by atomic mass is 9.97. The average molecular weight is 387 g/mol. The predicted molar refractivity (Wildman–Crippen MR) is 104 cm³/mol. The molecule has 0 radical (unpaired) electrons. The van der Waals surface area contributed by atoms with Gasteiger partial charge in [0.1, 0.15) is 5.57 Å². The second-order valence-corrected chi connectivity index (χ2v) is 6.73. The summed E-state index contributed by atoms with van der Waals surface area (Å²) < 4.78 is 5.06. The maximum absolute atomic E-state index is 12.9. The Bertz CT molecular complexity index is 785.